The summed E-state index contributed by atoms with van der Waals surface area (Å²) in [6.07, 6.45) is 2.04. The van der Waals surface area contributed by atoms with Gasteiger partial charge in [-0.1, -0.05) is 42.6 Å². The maximum Gasteiger partial charge on any atom is 0.338 e. The Kier molecular flexibility index (Phi) is 7.42. The maximum absolute atomic E-state index is 11.6. The molecule has 0 saturated carbocycles. The zero-order chi connectivity index (χ0) is 20.8. The van der Waals surface area contributed by atoms with Crippen molar-refractivity contribution in [2.45, 2.75) is 26.4 Å². The first-order chi connectivity index (χ1) is 14.0. The van der Waals surface area contributed by atoms with Crippen molar-refractivity contribution < 1.29 is 14.6 Å². The van der Waals surface area contributed by atoms with E-state index in [-0.39, 0.29) is 6.61 Å². The Balaban J connectivity index is 1.72. The largest absolute Gasteiger partial charge is 0.489 e. The van der Waals surface area contributed by atoms with Crippen LogP contribution in [0.15, 0.2) is 48.5 Å². The molecule has 152 valence electrons. The number of carboxylic acid groups (broad SMARTS) is 1. The summed E-state index contributed by atoms with van der Waals surface area (Å²) < 4.78 is 5.81. The molecule has 0 unspecified atom stereocenters. The van der Waals surface area contributed by atoms with Crippen LogP contribution in [0.25, 0.3) is 10.4 Å². The molecule has 1 heterocycles. The third kappa shape index (κ3) is 5.44. The van der Waals surface area contributed by atoms with Crippen molar-refractivity contribution >= 4 is 45.5 Å². The Hall–Kier alpha value is -2.21. The fourth-order valence-corrected chi connectivity index (χ4v) is 4.33. The van der Waals surface area contributed by atoms with Crippen molar-refractivity contribution in [2.24, 2.45) is 0 Å². The molecule has 0 saturated heterocycles. The standard InChI is InChI=1S/C22H21Cl2NO3S/c1-2-3-11-25-21-16(22(26)27)12-20(29-21)14-7-9-15(10-8-14)28-13-17-18(23)5-4-6-19(17)24/h4-10,12,25H,2-3,11,13H2,1H3,(H,26,27). The Morgan fingerprint density at radius 1 is 1.14 bits per heavy atom. The first kappa shape index (κ1) is 21.5. The molecule has 0 aliphatic heterocycles. The van der Waals surface area contributed by atoms with Crippen LogP contribution in [0.1, 0.15) is 35.7 Å². The smallest absolute Gasteiger partial charge is 0.338 e. The van der Waals surface area contributed by atoms with Gasteiger partial charge in [0.25, 0.3) is 0 Å². The second-order valence-electron chi connectivity index (χ2n) is 6.45. The summed E-state index contributed by atoms with van der Waals surface area (Å²) in [7, 11) is 0. The number of aromatic carboxylic acids is 1. The van der Waals surface area contributed by atoms with E-state index in [4.69, 9.17) is 27.9 Å². The summed E-state index contributed by atoms with van der Waals surface area (Å²) >= 11 is 13.8. The van der Waals surface area contributed by atoms with Crippen molar-refractivity contribution in [3.8, 4) is 16.2 Å². The van der Waals surface area contributed by atoms with E-state index in [0.29, 0.717) is 26.4 Å². The Morgan fingerprint density at radius 3 is 2.45 bits per heavy atom. The second kappa shape index (κ2) is 10.0. The van der Waals surface area contributed by atoms with E-state index < -0.39 is 5.97 Å². The fourth-order valence-electron chi connectivity index (χ4n) is 2.74. The minimum Gasteiger partial charge on any atom is -0.489 e. The molecule has 7 heteroatoms. The molecule has 0 aliphatic rings. The fraction of sp³-hybridized carbons (Fsp3) is 0.227. The highest BCUT2D eigenvalue weighted by Crippen LogP contribution is 2.36. The number of halogens is 2. The highest BCUT2D eigenvalue weighted by Gasteiger charge is 2.16. The van der Waals surface area contributed by atoms with Crippen molar-refractivity contribution in [1.82, 2.24) is 0 Å². The van der Waals surface area contributed by atoms with E-state index >= 15 is 0 Å². The third-order valence-electron chi connectivity index (χ3n) is 4.36. The van der Waals surface area contributed by atoms with Gasteiger partial charge in [0.2, 0.25) is 0 Å². The lowest BCUT2D eigenvalue weighted by Gasteiger charge is -2.10. The molecule has 0 atom stereocenters. The highest BCUT2D eigenvalue weighted by molar-refractivity contribution is 7.19. The van der Waals surface area contributed by atoms with Crippen molar-refractivity contribution in [2.75, 3.05) is 11.9 Å². The molecule has 2 N–H and O–H groups in total. The van der Waals surface area contributed by atoms with E-state index in [2.05, 4.69) is 12.2 Å². The SMILES string of the molecule is CCCCNc1sc(-c2ccc(OCc3c(Cl)cccc3Cl)cc2)cc1C(=O)O. The van der Waals surface area contributed by atoms with Crippen LogP contribution in [-0.2, 0) is 6.61 Å². The molecule has 0 fully saturated rings. The monoisotopic (exact) mass is 449 g/mol. The summed E-state index contributed by atoms with van der Waals surface area (Å²) in [6.45, 7) is 3.13. The van der Waals surface area contributed by atoms with Crippen LogP contribution in [0.2, 0.25) is 10.0 Å². The predicted molar refractivity (Wildman–Crippen MR) is 121 cm³/mol. The van der Waals surface area contributed by atoms with Crippen molar-refractivity contribution in [3.05, 3.63) is 69.7 Å². The Morgan fingerprint density at radius 2 is 1.83 bits per heavy atom. The molecule has 2 aromatic carbocycles. The molecular formula is C22H21Cl2NO3S. The number of benzene rings is 2. The van der Waals surface area contributed by atoms with Crippen molar-refractivity contribution in [1.29, 1.82) is 0 Å². The molecule has 1 aromatic heterocycles. The van der Waals surface area contributed by atoms with Gasteiger partial charge in [-0.15, -0.1) is 11.3 Å². The molecule has 0 spiro atoms. The number of nitrogens with one attached hydrogen (secondary N) is 1. The minimum absolute atomic E-state index is 0.269. The van der Waals surface area contributed by atoms with E-state index in [1.54, 1.807) is 24.3 Å². The summed E-state index contributed by atoms with van der Waals surface area (Å²) in [4.78, 5) is 12.4. The number of carbonyl (C=O) groups is 1. The van der Waals surface area contributed by atoms with Gasteiger partial charge < -0.3 is 15.2 Å². The molecule has 0 amide bonds. The minimum atomic E-state index is -0.928. The molecule has 0 radical (unpaired) electrons. The summed E-state index contributed by atoms with van der Waals surface area (Å²) in [5.74, 6) is -0.246. The molecule has 0 aliphatic carbocycles. The van der Waals surface area contributed by atoms with Crippen LogP contribution in [0, 0.1) is 0 Å². The number of ether oxygens (including phenoxy) is 1. The summed E-state index contributed by atoms with van der Waals surface area (Å²) in [5.41, 5.74) is 1.98. The molecule has 3 aromatic rings. The zero-order valence-corrected chi connectivity index (χ0v) is 18.2. The van der Waals surface area contributed by atoms with Gasteiger partial charge in [-0.3, -0.25) is 0 Å². The maximum atomic E-state index is 11.6. The van der Waals surface area contributed by atoms with Gasteiger partial charge in [0.1, 0.15) is 17.4 Å². The number of unbranched alkanes of at least 4 members (excludes halogenated alkanes) is 1. The summed E-state index contributed by atoms with van der Waals surface area (Å²) in [5, 5.41) is 14.5. The van der Waals surface area contributed by atoms with Crippen LogP contribution in [0.5, 0.6) is 5.75 Å². The lowest BCUT2D eigenvalue weighted by atomic mass is 10.1. The van der Waals surface area contributed by atoms with Gasteiger partial charge in [-0.25, -0.2) is 4.79 Å². The average molecular weight is 450 g/mol. The molecule has 0 bridgehead atoms. The highest BCUT2D eigenvalue weighted by atomic mass is 35.5. The Bertz CT molecular complexity index is 966. The van der Waals surface area contributed by atoms with E-state index in [0.717, 1.165) is 35.4 Å². The predicted octanol–water partition coefficient (Wildman–Crippen LogP) is 7.21. The van der Waals surface area contributed by atoms with Crippen LogP contribution in [0.3, 0.4) is 0 Å². The summed E-state index contributed by atoms with van der Waals surface area (Å²) in [6, 6.07) is 14.6. The molecule has 4 nitrogen and oxygen atoms in total. The van der Waals surface area contributed by atoms with E-state index in [1.807, 2.05) is 24.3 Å². The van der Waals surface area contributed by atoms with E-state index in [9.17, 15) is 9.90 Å². The zero-order valence-electron chi connectivity index (χ0n) is 15.9. The number of carboxylic acids is 1. The van der Waals surface area contributed by atoms with Crippen LogP contribution < -0.4 is 10.1 Å². The van der Waals surface area contributed by atoms with Gasteiger partial charge >= 0.3 is 5.97 Å². The molecule has 3 rings (SSSR count). The Labute approximate surface area is 184 Å². The third-order valence-corrected chi connectivity index (χ3v) is 6.21. The van der Waals surface area contributed by atoms with Gasteiger partial charge in [-0.2, -0.15) is 0 Å². The van der Waals surface area contributed by atoms with Gasteiger partial charge in [0.15, 0.2) is 0 Å². The number of hydrogen-bond acceptors (Lipinski definition) is 4. The second-order valence-corrected chi connectivity index (χ2v) is 8.32. The molecule has 29 heavy (non-hydrogen) atoms. The van der Waals surface area contributed by atoms with Gasteiger partial charge in [-0.05, 0) is 54.4 Å². The topological polar surface area (TPSA) is 58.6 Å². The van der Waals surface area contributed by atoms with Gasteiger partial charge in [0.05, 0.1) is 5.56 Å². The lowest BCUT2D eigenvalue weighted by Crippen LogP contribution is -2.04. The van der Waals surface area contributed by atoms with Crippen LogP contribution >= 0.6 is 34.5 Å². The first-order valence-corrected chi connectivity index (χ1v) is 10.8. The first-order valence-electron chi connectivity index (χ1n) is 9.26. The number of anilines is 1. The van der Waals surface area contributed by atoms with Crippen LogP contribution in [0.4, 0.5) is 5.00 Å². The van der Waals surface area contributed by atoms with Gasteiger partial charge in [0, 0.05) is 27.0 Å². The number of hydrogen-bond donors (Lipinski definition) is 2. The molecular weight excluding hydrogens is 429 g/mol. The van der Waals surface area contributed by atoms with E-state index in [1.165, 1.54) is 11.3 Å². The average Bonchev–Trinajstić information content (AvgIpc) is 3.13. The lowest BCUT2D eigenvalue weighted by molar-refractivity contribution is 0.0698. The number of thiophene rings is 1. The number of rotatable bonds is 9. The van der Waals surface area contributed by atoms with Crippen LogP contribution in [-0.4, -0.2) is 17.6 Å². The van der Waals surface area contributed by atoms with Crippen molar-refractivity contribution in [3.63, 3.8) is 0 Å². The normalized spacial score (nSPS) is 10.7. The quantitative estimate of drug-likeness (QED) is 0.338.